The molecular weight excluding hydrogens is 354 g/mol. The maximum Gasteiger partial charge on any atom is 0.133 e. The molecule has 0 N–H and O–H groups in total. The van der Waals surface area contributed by atoms with Gasteiger partial charge in [-0.3, -0.25) is 4.79 Å². The van der Waals surface area contributed by atoms with Crippen LogP contribution in [-0.2, 0) is 4.79 Å². The molecule has 0 unspecified atom stereocenters. The zero-order chi connectivity index (χ0) is 20.4. The number of nitrogens with zero attached hydrogens (tertiary/aromatic N) is 1. The topological polar surface area (TPSA) is 17.1 Å². The number of quaternary nitrogens is 1. The highest BCUT2D eigenvalue weighted by Gasteiger charge is 2.61. The molecule has 0 aromatic heterocycles. The van der Waals surface area contributed by atoms with Crippen LogP contribution in [0.25, 0.3) is 0 Å². The third-order valence-corrected chi connectivity index (χ3v) is 11.8. The van der Waals surface area contributed by atoms with Crippen molar-refractivity contribution in [3.63, 3.8) is 0 Å². The third kappa shape index (κ3) is 3.01. The van der Waals surface area contributed by atoms with E-state index in [-0.39, 0.29) is 0 Å². The summed E-state index contributed by atoms with van der Waals surface area (Å²) in [4.78, 5) is 12.4. The van der Waals surface area contributed by atoms with Gasteiger partial charge in [-0.15, -0.1) is 0 Å². The van der Waals surface area contributed by atoms with Crippen LogP contribution in [-0.4, -0.2) is 36.4 Å². The first-order valence-electron chi connectivity index (χ1n) is 13.1. The molecule has 1 aliphatic heterocycles. The summed E-state index contributed by atoms with van der Waals surface area (Å²) in [5, 5.41) is 0. The van der Waals surface area contributed by atoms with Crippen molar-refractivity contribution in [1.82, 2.24) is 0 Å². The first kappa shape index (κ1) is 20.5. The smallest absolute Gasteiger partial charge is 0.133 e. The lowest BCUT2D eigenvalue weighted by Gasteiger charge is -2.62. The van der Waals surface area contributed by atoms with Gasteiger partial charge in [0.25, 0.3) is 0 Å². The van der Waals surface area contributed by atoms with Crippen molar-refractivity contribution in [2.45, 2.75) is 104 Å². The average molecular weight is 401 g/mol. The summed E-state index contributed by atoms with van der Waals surface area (Å²) in [7, 11) is 2.59. The first-order chi connectivity index (χ1) is 13.8. The van der Waals surface area contributed by atoms with Crippen molar-refractivity contribution in [3.05, 3.63) is 0 Å². The maximum absolute atomic E-state index is 12.4. The van der Waals surface area contributed by atoms with Crippen LogP contribution in [0.15, 0.2) is 0 Å². The number of hydrogen-bond acceptors (Lipinski definition) is 1. The van der Waals surface area contributed by atoms with E-state index >= 15 is 0 Å². The predicted octanol–water partition coefficient (Wildman–Crippen LogP) is 6.23. The summed E-state index contributed by atoms with van der Waals surface area (Å²) in [6, 6.07) is 0.937. The van der Waals surface area contributed by atoms with E-state index in [0.717, 1.165) is 29.7 Å². The van der Waals surface area contributed by atoms with Crippen molar-refractivity contribution < 1.29 is 9.28 Å². The van der Waals surface area contributed by atoms with Gasteiger partial charge in [-0.25, -0.2) is 0 Å². The van der Waals surface area contributed by atoms with Gasteiger partial charge in [0.2, 0.25) is 0 Å². The van der Waals surface area contributed by atoms with Gasteiger partial charge in [0.05, 0.1) is 26.2 Å². The molecule has 8 atom stereocenters. The fourth-order valence-corrected chi connectivity index (χ4v) is 10.1. The lowest BCUT2D eigenvalue weighted by atomic mass is 9.44. The Hall–Kier alpha value is -0.370. The van der Waals surface area contributed by atoms with Gasteiger partial charge in [0.15, 0.2) is 0 Å². The first-order valence-corrected chi connectivity index (χ1v) is 13.1. The Labute approximate surface area is 179 Å². The number of rotatable bonds is 2. The van der Waals surface area contributed by atoms with Gasteiger partial charge in [0, 0.05) is 12.3 Å². The number of hydrogen-bond donors (Lipinski definition) is 0. The summed E-state index contributed by atoms with van der Waals surface area (Å²) in [5.74, 6) is 4.49. The van der Waals surface area contributed by atoms with Crippen molar-refractivity contribution in [3.8, 4) is 0 Å². The minimum Gasteiger partial charge on any atom is -0.324 e. The molecule has 0 amide bonds. The van der Waals surface area contributed by atoms with E-state index in [2.05, 4.69) is 20.9 Å². The Morgan fingerprint density at radius 2 is 1.52 bits per heavy atom. The lowest BCUT2D eigenvalue weighted by Crippen LogP contribution is -2.60. The van der Waals surface area contributed by atoms with Crippen LogP contribution >= 0.6 is 0 Å². The fourth-order valence-electron chi connectivity index (χ4n) is 10.1. The maximum atomic E-state index is 12.4. The highest BCUT2D eigenvalue weighted by molar-refractivity contribution is 5.79. The molecule has 2 nitrogen and oxygen atoms in total. The van der Waals surface area contributed by atoms with E-state index in [4.69, 9.17) is 0 Å². The van der Waals surface area contributed by atoms with Crippen LogP contribution < -0.4 is 0 Å². The average Bonchev–Trinajstić information content (AvgIpc) is 3.05. The largest absolute Gasteiger partial charge is 0.324 e. The van der Waals surface area contributed by atoms with E-state index in [1.165, 1.54) is 94.6 Å². The van der Waals surface area contributed by atoms with Gasteiger partial charge in [-0.1, -0.05) is 13.8 Å². The second-order valence-electron chi connectivity index (χ2n) is 12.9. The van der Waals surface area contributed by atoms with Crippen LogP contribution in [0, 0.1) is 40.4 Å². The summed E-state index contributed by atoms with van der Waals surface area (Å²) < 4.78 is 1.39. The second kappa shape index (κ2) is 7.07. The van der Waals surface area contributed by atoms with Gasteiger partial charge in [0.1, 0.15) is 5.78 Å². The van der Waals surface area contributed by atoms with Gasteiger partial charge in [-0.05, 0) is 112 Å². The van der Waals surface area contributed by atoms with Crippen LogP contribution in [0.5, 0.6) is 0 Å². The number of piperidine rings is 1. The number of Topliss-reactive ketones (excluding diaryl/α,β-unsaturated/α-hetero) is 1. The molecule has 2 heteroatoms. The molecule has 5 fully saturated rings. The quantitative estimate of drug-likeness (QED) is 0.502. The normalized spacial score (nSPS) is 51.6. The molecule has 0 spiro atoms. The summed E-state index contributed by atoms with van der Waals surface area (Å²) in [5.41, 5.74) is 0.907. The van der Waals surface area contributed by atoms with Crippen LogP contribution in [0.2, 0.25) is 0 Å². The minimum atomic E-state index is 0.319. The Kier molecular flexibility index (Phi) is 5.01. The molecule has 0 bridgehead atoms. The third-order valence-electron chi connectivity index (χ3n) is 11.8. The molecule has 5 aliphatic rings. The van der Waals surface area contributed by atoms with Crippen LogP contribution in [0.3, 0.4) is 0 Å². The molecule has 4 saturated carbocycles. The summed E-state index contributed by atoms with van der Waals surface area (Å²) in [6.07, 6.45) is 17.0. The molecule has 5 rings (SSSR count). The summed E-state index contributed by atoms with van der Waals surface area (Å²) in [6.45, 7) is 9.95. The summed E-state index contributed by atoms with van der Waals surface area (Å²) >= 11 is 0. The highest BCUT2D eigenvalue weighted by atomic mass is 16.1. The van der Waals surface area contributed by atoms with Crippen LogP contribution in [0.1, 0.15) is 97.8 Å². The number of likely N-dealkylation sites (tertiary alicyclic amines) is 1. The molecule has 29 heavy (non-hydrogen) atoms. The number of ketones is 1. The Morgan fingerprint density at radius 3 is 2.24 bits per heavy atom. The second-order valence-corrected chi connectivity index (χ2v) is 12.9. The van der Waals surface area contributed by atoms with Crippen molar-refractivity contribution in [2.24, 2.45) is 40.4 Å². The molecule has 1 heterocycles. The molecular formula is C27H46NO+. The fraction of sp³-hybridized carbons (Fsp3) is 0.963. The lowest BCUT2D eigenvalue weighted by molar-refractivity contribution is -0.939. The Bertz CT molecular complexity index is 651. The standard InChI is InChI=1S/C27H46NO/c1-19(29)23-10-11-24-22-9-8-20-18-21(28(4)16-6-5-7-17-28)12-14-26(20,2)25(22)13-15-27(23,24)3/h20-25H,5-18H2,1-4H3/q+1/t20-,21-,22+,23-,24+,25+,26+,27-/m1/s1. The zero-order valence-electron chi connectivity index (χ0n) is 19.7. The van der Waals surface area contributed by atoms with E-state index in [0.29, 0.717) is 22.5 Å². The highest BCUT2D eigenvalue weighted by Crippen LogP contribution is 2.67. The molecule has 0 aromatic carbocycles. The van der Waals surface area contributed by atoms with Crippen LogP contribution in [0.4, 0.5) is 0 Å². The van der Waals surface area contributed by atoms with E-state index in [1.807, 2.05) is 6.92 Å². The SMILES string of the molecule is CC(=O)[C@H]1CC[C@H]2[C@@H]3CC[C@@H]4C[C@H]([N+]5(C)CCCCC5)CC[C@]4(C)[C@H]3CC[C@]12C. The molecule has 164 valence electrons. The van der Waals surface area contributed by atoms with Crippen molar-refractivity contribution in [1.29, 1.82) is 0 Å². The van der Waals surface area contributed by atoms with E-state index in [1.54, 1.807) is 0 Å². The number of carbonyl (C=O) groups excluding carboxylic acids is 1. The van der Waals surface area contributed by atoms with Gasteiger partial charge < -0.3 is 4.48 Å². The van der Waals surface area contributed by atoms with Gasteiger partial charge in [-0.2, -0.15) is 0 Å². The van der Waals surface area contributed by atoms with Crippen molar-refractivity contribution in [2.75, 3.05) is 20.1 Å². The number of carbonyl (C=O) groups is 1. The van der Waals surface area contributed by atoms with Gasteiger partial charge >= 0.3 is 0 Å². The molecule has 4 aliphatic carbocycles. The van der Waals surface area contributed by atoms with E-state index in [9.17, 15) is 4.79 Å². The Balaban J connectivity index is 1.34. The predicted molar refractivity (Wildman–Crippen MR) is 119 cm³/mol. The number of fused-ring (bicyclic) bond motifs is 5. The molecule has 0 aromatic rings. The molecule has 1 saturated heterocycles. The minimum absolute atomic E-state index is 0.319. The Morgan fingerprint density at radius 1 is 0.828 bits per heavy atom. The van der Waals surface area contributed by atoms with Crippen molar-refractivity contribution >= 4 is 5.78 Å². The monoisotopic (exact) mass is 400 g/mol. The molecule has 0 radical (unpaired) electrons. The zero-order valence-corrected chi connectivity index (χ0v) is 19.7. The van der Waals surface area contributed by atoms with E-state index < -0.39 is 0 Å².